The number of rotatable bonds is 4. The number of hydrogen-bond donors (Lipinski definition) is 0. The second kappa shape index (κ2) is 5.78. The van der Waals surface area contributed by atoms with E-state index in [1.807, 2.05) is 13.8 Å². The predicted octanol–water partition coefficient (Wildman–Crippen LogP) is 3.11. The van der Waals surface area contributed by atoms with Gasteiger partial charge in [0, 0.05) is 6.61 Å². The van der Waals surface area contributed by atoms with Gasteiger partial charge in [-0.05, 0) is 51.0 Å². The molecule has 0 radical (unpaired) electrons. The van der Waals surface area contributed by atoms with Crippen LogP contribution in [0.25, 0.3) is 0 Å². The molecule has 0 amide bonds. The fourth-order valence-corrected chi connectivity index (χ4v) is 2.33. The zero-order valence-corrected chi connectivity index (χ0v) is 12.6. The zero-order valence-electron chi connectivity index (χ0n) is 12.6. The van der Waals surface area contributed by atoms with Crippen LogP contribution in [0.15, 0.2) is 28.8 Å². The van der Waals surface area contributed by atoms with Gasteiger partial charge in [-0.2, -0.15) is 10.2 Å². The van der Waals surface area contributed by atoms with Gasteiger partial charge >= 0.3 is 0 Å². The average Bonchev–Trinajstić information content (AvgIpc) is 3.19. The van der Waals surface area contributed by atoms with Crippen LogP contribution in [0.2, 0.25) is 0 Å². The summed E-state index contributed by atoms with van der Waals surface area (Å²) in [5, 5.41) is 12.8. The van der Waals surface area contributed by atoms with Crippen LogP contribution in [0.4, 0.5) is 0 Å². The Labute approximate surface area is 128 Å². The number of ether oxygens (including phenoxy) is 2. The smallest absolute Gasteiger partial charge is 0.270 e. The van der Waals surface area contributed by atoms with Gasteiger partial charge in [0.2, 0.25) is 5.82 Å². The fourth-order valence-electron chi connectivity index (χ4n) is 2.33. The van der Waals surface area contributed by atoms with E-state index < -0.39 is 5.60 Å². The number of nitrogens with zero attached hydrogens (tertiary/aromatic N) is 3. The SMILES string of the molecule is CC(C)(Oc1ccc(C#N)cc1)c1nc([C@@H]2CCCO2)no1. The maximum absolute atomic E-state index is 8.81. The molecule has 0 aliphatic carbocycles. The third kappa shape index (κ3) is 2.95. The van der Waals surface area contributed by atoms with Crippen LogP contribution < -0.4 is 4.74 Å². The minimum absolute atomic E-state index is 0.0804. The Morgan fingerprint density at radius 3 is 2.73 bits per heavy atom. The van der Waals surface area contributed by atoms with Gasteiger partial charge in [0.25, 0.3) is 5.89 Å². The topological polar surface area (TPSA) is 81.2 Å². The molecule has 1 fully saturated rings. The van der Waals surface area contributed by atoms with E-state index in [4.69, 9.17) is 19.3 Å². The van der Waals surface area contributed by atoms with Crippen LogP contribution >= 0.6 is 0 Å². The minimum atomic E-state index is -0.766. The molecule has 22 heavy (non-hydrogen) atoms. The van der Waals surface area contributed by atoms with E-state index in [1.165, 1.54) is 0 Å². The summed E-state index contributed by atoms with van der Waals surface area (Å²) in [6.45, 7) is 4.45. The van der Waals surface area contributed by atoms with Crippen molar-refractivity contribution >= 4 is 0 Å². The highest BCUT2D eigenvalue weighted by atomic mass is 16.5. The normalized spacial score (nSPS) is 18.1. The van der Waals surface area contributed by atoms with E-state index in [0.29, 0.717) is 23.0 Å². The molecule has 6 nitrogen and oxygen atoms in total. The molecule has 1 atom stereocenters. The average molecular weight is 299 g/mol. The Morgan fingerprint density at radius 1 is 1.32 bits per heavy atom. The highest BCUT2D eigenvalue weighted by Gasteiger charge is 2.32. The number of nitriles is 1. The van der Waals surface area contributed by atoms with Crippen molar-refractivity contribution in [3.8, 4) is 11.8 Å². The first-order valence-corrected chi connectivity index (χ1v) is 7.23. The number of aromatic nitrogens is 2. The second-order valence-electron chi connectivity index (χ2n) is 5.71. The molecule has 0 bridgehead atoms. The van der Waals surface area contributed by atoms with Crippen molar-refractivity contribution in [2.45, 2.75) is 38.4 Å². The van der Waals surface area contributed by atoms with Crippen molar-refractivity contribution in [3.63, 3.8) is 0 Å². The van der Waals surface area contributed by atoms with E-state index in [-0.39, 0.29) is 6.10 Å². The molecule has 114 valence electrons. The Bertz CT molecular complexity index is 679. The van der Waals surface area contributed by atoms with Crippen LogP contribution in [0.1, 0.15) is 50.1 Å². The van der Waals surface area contributed by atoms with Crippen LogP contribution in [-0.4, -0.2) is 16.7 Å². The quantitative estimate of drug-likeness (QED) is 0.862. The van der Waals surface area contributed by atoms with Gasteiger partial charge in [-0.1, -0.05) is 5.16 Å². The third-order valence-electron chi connectivity index (χ3n) is 3.53. The van der Waals surface area contributed by atoms with E-state index in [2.05, 4.69) is 16.2 Å². The number of benzene rings is 1. The Hall–Kier alpha value is -2.39. The van der Waals surface area contributed by atoms with E-state index >= 15 is 0 Å². The molecule has 3 rings (SSSR count). The van der Waals surface area contributed by atoms with E-state index in [9.17, 15) is 0 Å². The third-order valence-corrected chi connectivity index (χ3v) is 3.53. The molecule has 2 aromatic rings. The van der Waals surface area contributed by atoms with Gasteiger partial charge < -0.3 is 14.0 Å². The van der Waals surface area contributed by atoms with Gasteiger partial charge in [0.15, 0.2) is 5.60 Å². The molecule has 0 unspecified atom stereocenters. The maximum Gasteiger partial charge on any atom is 0.270 e. The summed E-state index contributed by atoms with van der Waals surface area (Å²) in [7, 11) is 0. The zero-order chi connectivity index (χ0) is 15.6. The summed E-state index contributed by atoms with van der Waals surface area (Å²) in [5.41, 5.74) is -0.179. The van der Waals surface area contributed by atoms with Crippen LogP contribution in [0, 0.1) is 11.3 Å². The van der Waals surface area contributed by atoms with Crippen molar-refractivity contribution in [1.29, 1.82) is 5.26 Å². The highest BCUT2D eigenvalue weighted by Crippen LogP contribution is 2.30. The fraction of sp³-hybridized carbons (Fsp3) is 0.438. The molecular formula is C16H17N3O3. The molecule has 2 heterocycles. The van der Waals surface area contributed by atoms with Crippen molar-refractivity contribution in [1.82, 2.24) is 10.1 Å². The van der Waals surface area contributed by atoms with Gasteiger partial charge in [0.1, 0.15) is 11.9 Å². The molecule has 1 aliphatic heterocycles. The van der Waals surface area contributed by atoms with E-state index in [0.717, 1.165) is 19.4 Å². The lowest BCUT2D eigenvalue weighted by Crippen LogP contribution is -2.25. The molecule has 1 aromatic carbocycles. The monoisotopic (exact) mass is 299 g/mol. The molecule has 0 spiro atoms. The first-order valence-electron chi connectivity index (χ1n) is 7.23. The van der Waals surface area contributed by atoms with Gasteiger partial charge in [0.05, 0.1) is 11.6 Å². The Balaban J connectivity index is 1.75. The minimum Gasteiger partial charge on any atom is -0.478 e. The summed E-state index contributed by atoms with van der Waals surface area (Å²) in [6.07, 6.45) is 1.85. The van der Waals surface area contributed by atoms with Crippen LogP contribution in [0.3, 0.4) is 0 Å². The summed E-state index contributed by atoms with van der Waals surface area (Å²) in [5.74, 6) is 1.62. The summed E-state index contributed by atoms with van der Waals surface area (Å²) < 4.78 is 16.8. The predicted molar refractivity (Wildman–Crippen MR) is 77.0 cm³/mol. The first-order chi connectivity index (χ1) is 10.6. The summed E-state index contributed by atoms with van der Waals surface area (Å²) in [6, 6.07) is 8.98. The second-order valence-corrected chi connectivity index (χ2v) is 5.71. The molecular weight excluding hydrogens is 282 g/mol. The van der Waals surface area contributed by atoms with Gasteiger partial charge in [-0.25, -0.2) is 0 Å². The van der Waals surface area contributed by atoms with Gasteiger partial charge in [-0.3, -0.25) is 0 Å². The molecule has 1 aromatic heterocycles. The largest absolute Gasteiger partial charge is 0.478 e. The first kappa shape index (κ1) is 14.5. The molecule has 0 N–H and O–H groups in total. The van der Waals surface area contributed by atoms with Crippen molar-refractivity contribution in [3.05, 3.63) is 41.5 Å². The maximum atomic E-state index is 8.81. The molecule has 6 heteroatoms. The van der Waals surface area contributed by atoms with E-state index in [1.54, 1.807) is 24.3 Å². The Morgan fingerprint density at radius 2 is 2.09 bits per heavy atom. The molecule has 0 saturated carbocycles. The van der Waals surface area contributed by atoms with Crippen molar-refractivity contribution in [2.24, 2.45) is 0 Å². The Kier molecular flexibility index (Phi) is 3.82. The van der Waals surface area contributed by atoms with Crippen LogP contribution in [-0.2, 0) is 10.3 Å². The lowest BCUT2D eigenvalue weighted by atomic mass is 10.1. The summed E-state index contributed by atoms with van der Waals surface area (Å²) >= 11 is 0. The molecule has 1 saturated heterocycles. The van der Waals surface area contributed by atoms with Gasteiger partial charge in [-0.15, -0.1) is 0 Å². The standard InChI is InChI=1S/C16H17N3O3/c1-16(2,21-12-7-5-11(10-17)6-8-12)15-18-14(19-22-15)13-4-3-9-20-13/h5-8,13H,3-4,9H2,1-2H3/t13-/m0/s1. The van der Waals surface area contributed by atoms with Crippen LogP contribution in [0.5, 0.6) is 5.75 Å². The summed E-state index contributed by atoms with van der Waals surface area (Å²) in [4.78, 5) is 4.41. The lowest BCUT2D eigenvalue weighted by Gasteiger charge is -2.22. The lowest BCUT2D eigenvalue weighted by molar-refractivity contribution is 0.0690. The molecule has 1 aliphatic rings. The van der Waals surface area contributed by atoms with Crippen molar-refractivity contribution < 1.29 is 14.0 Å². The highest BCUT2D eigenvalue weighted by molar-refractivity contribution is 5.34. The van der Waals surface area contributed by atoms with Crippen molar-refractivity contribution in [2.75, 3.05) is 6.61 Å². The number of hydrogen-bond acceptors (Lipinski definition) is 6.